The van der Waals surface area contributed by atoms with Crippen LogP contribution in [0, 0.1) is 0 Å². The molecular weight excluding hydrogens is 467 g/mol. The van der Waals surface area contributed by atoms with Gasteiger partial charge >= 0.3 is 6.18 Å². The molecule has 4 heterocycles. The van der Waals surface area contributed by atoms with Gasteiger partial charge < -0.3 is 24.8 Å². The molecule has 5 atom stereocenters. The lowest BCUT2D eigenvalue weighted by Gasteiger charge is -2.28. The summed E-state index contributed by atoms with van der Waals surface area (Å²) in [5, 5.41) is 13.4. The van der Waals surface area contributed by atoms with Gasteiger partial charge in [0.2, 0.25) is 5.91 Å². The van der Waals surface area contributed by atoms with E-state index >= 15 is 0 Å². The number of aromatic nitrogens is 1. The van der Waals surface area contributed by atoms with E-state index in [0.29, 0.717) is 6.42 Å². The number of hydrogen-bond acceptors (Lipinski definition) is 8. The van der Waals surface area contributed by atoms with Gasteiger partial charge in [-0.2, -0.15) is 13.2 Å². The second-order valence-corrected chi connectivity index (χ2v) is 10.9. The molecule has 3 fully saturated rings. The Bertz CT molecular complexity index is 962. The van der Waals surface area contributed by atoms with Crippen molar-refractivity contribution in [2.24, 2.45) is 0 Å². The Hall–Kier alpha value is -1.80. The summed E-state index contributed by atoms with van der Waals surface area (Å²) < 4.78 is 73.9. The summed E-state index contributed by atoms with van der Waals surface area (Å²) in [5.41, 5.74) is -0.769. The third kappa shape index (κ3) is 5.65. The van der Waals surface area contributed by atoms with Crippen molar-refractivity contribution < 1.29 is 41.0 Å². The van der Waals surface area contributed by atoms with Gasteiger partial charge in [0.15, 0.2) is 9.84 Å². The largest absolute Gasteiger partial charge is 0.416 e. The van der Waals surface area contributed by atoms with E-state index in [1.54, 1.807) is 0 Å². The number of aliphatic hydroxyl groups is 1. The van der Waals surface area contributed by atoms with E-state index < -0.39 is 52.1 Å². The number of carbonyl (C=O) groups excluding carboxylic acids is 1. The topological polar surface area (TPSA) is 118 Å². The molecule has 33 heavy (non-hydrogen) atoms. The van der Waals surface area contributed by atoms with Crippen molar-refractivity contribution in [1.82, 2.24) is 15.2 Å². The van der Waals surface area contributed by atoms with Crippen LogP contribution in [0.2, 0.25) is 0 Å². The van der Waals surface area contributed by atoms with Gasteiger partial charge in [-0.25, -0.2) is 8.42 Å². The summed E-state index contributed by atoms with van der Waals surface area (Å²) in [6.07, 6.45) is -4.90. The van der Waals surface area contributed by atoms with Gasteiger partial charge in [0.05, 0.1) is 41.8 Å². The average molecular weight is 494 g/mol. The molecule has 9 nitrogen and oxygen atoms in total. The second kappa shape index (κ2) is 9.45. The minimum absolute atomic E-state index is 0.00183. The number of alkyl halides is 3. The third-order valence-electron chi connectivity index (χ3n) is 6.25. The molecule has 1 amide bonds. The van der Waals surface area contributed by atoms with Gasteiger partial charge in [0.1, 0.15) is 12.2 Å². The van der Waals surface area contributed by atoms with Gasteiger partial charge in [-0.3, -0.25) is 9.78 Å². The average Bonchev–Trinajstić information content (AvgIpc) is 3.26. The minimum Gasteiger partial charge on any atom is -0.388 e. The van der Waals surface area contributed by atoms with Crippen LogP contribution in [0.4, 0.5) is 13.2 Å². The lowest BCUT2D eigenvalue weighted by molar-refractivity contribution is -0.138. The Morgan fingerprint density at radius 2 is 2.00 bits per heavy atom. The van der Waals surface area contributed by atoms with Crippen LogP contribution in [0.3, 0.4) is 0 Å². The van der Waals surface area contributed by atoms with Crippen molar-refractivity contribution in [1.29, 1.82) is 0 Å². The quantitative estimate of drug-likeness (QED) is 0.574. The number of pyridine rings is 1. The molecule has 5 unspecified atom stereocenters. The van der Waals surface area contributed by atoms with E-state index in [9.17, 15) is 31.5 Å². The Morgan fingerprint density at radius 3 is 2.67 bits per heavy atom. The minimum atomic E-state index is -4.48. The maximum atomic E-state index is 13.1. The Labute approximate surface area is 189 Å². The van der Waals surface area contributed by atoms with E-state index in [4.69, 9.17) is 9.47 Å². The van der Waals surface area contributed by atoms with Crippen molar-refractivity contribution in [3.05, 3.63) is 29.6 Å². The standard InChI is InChI=1S/C20H26F3N3O6S/c21-20(22,23)14-1-2-24-9-12(14)10-25-11-16-18(28)19-15(32-16)7-13(31-19)8-17(27)26-3-5-33(29,30)6-4-26/h1-2,9,13,15-16,18-19,25,28H,3-8,10-11H2. The molecule has 0 aliphatic carbocycles. The lowest BCUT2D eigenvalue weighted by atomic mass is 10.1. The molecule has 1 aromatic heterocycles. The molecule has 2 N–H and O–H groups in total. The Kier molecular flexibility index (Phi) is 6.97. The molecule has 184 valence electrons. The van der Waals surface area contributed by atoms with Crippen molar-refractivity contribution in [3.63, 3.8) is 0 Å². The molecule has 0 aromatic carbocycles. The fourth-order valence-electron chi connectivity index (χ4n) is 4.49. The maximum absolute atomic E-state index is 13.1. The number of halogens is 3. The number of rotatable bonds is 6. The number of hydrogen-bond donors (Lipinski definition) is 2. The van der Waals surface area contributed by atoms with E-state index in [1.165, 1.54) is 4.90 Å². The number of carbonyl (C=O) groups is 1. The molecule has 3 aliphatic rings. The van der Waals surface area contributed by atoms with Crippen LogP contribution in [0.1, 0.15) is 24.0 Å². The molecule has 4 rings (SSSR count). The first-order valence-electron chi connectivity index (χ1n) is 10.7. The molecule has 1 aromatic rings. The first-order valence-corrected chi connectivity index (χ1v) is 12.5. The molecule has 0 radical (unpaired) electrons. The number of nitrogens with one attached hydrogen (secondary N) is 1. The molecule has 3 saturated heterocycles. The molecule has 13 heteroatoms. The lowest BCUT2D eigenvalue weighted by Crippen LogP contribution is -2.45. The second-order valence-electron chi connectivity index (χ2n) is 8.56. The van der Waals surface area contributed by atoms with Crippen LogP contribution in [-0.2, 0) is 36.8 Å². The van der Waals surface area contributed by atoms with Crippen molar-refractivity contribution in [2.45, 2.75) is 56.1 Å². The summed E-state index contributed by atoms with van der Waals surface area (Å²) in [5.74, 6) is -0.287. The normalized spacial score (nSPS) is 31.5. The Balaban J connectivity index is 1.23. The van der Waals surface area contributed by atoms with Gasteiger partial charge in [-0.15, -0.1) is 0 Å². The fourth-order valence-corrected chi connectivity index (χ4v) is 5.69. The monoisotopic (exact) mass is 493 g/mol. The number of aliphatic hydroxyl groups excluding tert-OH is 1. The van der Waals surface area contributed by atoms with Crippen LogP contribution in [-0.4, -0.2) is 91.0 Å². The molecule has 0 saturated carbocycles. The van der Waals surface area contributed by atoms with Crippen LogP contribution < -0.4 is 5.32 Å². The zero-order valence-electron chi connectivity index (χ0n) is 17.7. The third-order valence-corrected chi connectivity index (χ3v) is 7.86. The molecule has 0 spiro atoms. The van der Waals surface area contributed by atoms with Gasteiger partial charge in [0, 0.05) is 45.0 Å². The van der Waals surface area contributed by atoms with Crippen LogP contribution in [0.15, 0.2) is 18.5 Å². The zero-order valence-corrected chi connectivity index (χ0v) is 18.5. The first kappa shape index (κ1) is 24.3. The highest BCUT2D eigenvalue weighted by Crippen LogP contribution is 2.36. The van der Waals surface area contributed by atoms with Gasteiger partial charge in [-0.1, -0.05) is 0 Å². The smallest absolute Gasteiger partial charge is 0.388 e. The predicted molar refractivity (Wildman–Crippen MR) is 109 cm³/mol. The zero-order chi connectivity index (χ0) is 23.8. The van der Waals surface area contributed by atoms with E-state index in [-0.39, 0.29) is 55.6 Å². The summed E-state index contributed by atoms with van der Waals surface area (Å²) in [6.45, 7) is 0.366. The van der Waals surface area contributed by atoms with Crippen molar-refractivity contribution in [2.75, 3.05) is 31.1 Å². The molecule has 0 bridgehead atoms. The van der Waals surface area contributed by atoms with Gasteiger partial charge in [-0.05, 0) is 11.6 Å². The summed E-state index contributed by atoms with van der Waals surface area (Å²) in [4.78, 5) is 17.7. The highest BCUT2D eigenvalue weighted by molar-refractivity contribution is 7.91. The number of fused-ring (bicyclic) bond motifs is 1. The summed E-state index contributed by atoms with van der Waals surface area (Å²) >= 11 is 0. The number of amides is 1. The Morgan fingerprint density at radius 1 is 1.27 bits per heavy atom. The van der Waals surface area contributed by atoms with Crippen molar-refractivity contribution in [3.8, 4) is 0 Å². The number of sulfone groups is 1. The first-order chi connectivity index (χ1) is 15.5. The van der Waals surface area contributed by atoms with Crippen LogP contribution in [0.25, 0.3) is 0 Å². The van der Waals surface area contributed by atoms with Crippen LogP contribution >= 0.6 is 0 Å². The van der Waals surface area contributed by atoms with E-state index in [1.807, 2.05) is 0 Å². The summed E-state index contributed by atoms with van der Waals surface area (Å²) in [7, 11) is -3.08. The SMILES string of the molecule is O=C(CC1CC2OC(CNCc3cnccc3C(F)(F)F)C(O)C2O1)N1CCS(=O)(=O)CC1. The summed E-state index contributed by atoms with van der Waals surface area (Å²) in [6, 6.07) is 0.917. The predicted octanol–water partition coefficient (Wildman–Crippen LogP) is 0.123. The molecular formula is C20H26F3N3O6S. The van der Waals surface area contributed by atoms with E-state index in [2.05, 4.69) is 10.3 Å². The van der Waals surface area contributed by atoms with Crippen molar-refractivity contribution >= 4 is 15.7 Å². The highest BCUT2D eigenvalue weighted by Gasteiger charge is 2.50. The molecule has 3 aliphatic heterocycles. The number of nitrogens with zero attached hydrogens (tertiary/aromatic N) is 2. The fraction of sp³-hybridized carbons (Fsp3) is 0.700. The maximum Gasteiger partial charge on any atom is 0.416 e. The number of ether oxygens (including phenoxy) is 2. The van der Waals surface area contributed by atoms with Gasteiger partial charge in [0.25, 0.3) is 0 Å². The highest BCUT2D eigenvalue weighted by atomic mass is 32.2. The van der Waals surface area contributed by atoms with E-state index in [0.717, 1.165) is 18.5 Å². The van der Waals surface area contributed by atoms with Crippen LogP contribution in [0.5, 0.6) is 0 Å².